The van der Waals surface area contributed by atoms with Crippen LogP contribution in [0.15, 0.2) is 18.3 Å². The van der Waals surface area contributed by atoms with E-state index in [1.807, 2.05) is 26.8 Å². The van der Waals surface area contributed by atoms with E-state index in [1.165, 1.54) is 6.20 Å². The van der Waals surface area contributed by atoms with E-state index < -0.39 is 0 Å². The molecule has 0 atom stereocenters. The normalized spacial score (nSPS) is 10.9. The maximum Gasteiger partial charge on any atom is 0.272 e. The summed E-state index contributed by atoms with van der Waals surface area (Å²) < 4.78 is 0. The van der Waals surface area contributed by atoms with Crippen LogP contribution >= 0.6 is 0 Å². The number of hydrogen-bond acceptors (Lipinski definition) is 4. The minimum absolute atomic E-state index is 0.127. The van der Waals surface area contributed by atoms with Crippen molar-refractivity contribution in [2.75, 3.05) is 19.6 Å². The average Bonchev–Trinajstić information content (AvgIpc) is 2.44. The highest BCUT2D eigenvalue weighted by molar-refractivity contribution is 5.92. The topological polar surface area (TPSA) is 83.0 Å². The van der Waals surface area contributed by atoms with Crippen molar-refractivity contribution in [3.05, 3.63) is 29.6 Å². The number of hydrogen-bond donors (Lipinski definition) is 1. The lowest BCUT2D eigenvalue weighted by Gasteiger charge is -2.30. The van der Waals surface area contributed by atoms with Gasteiger partial charge >= 0.3 is 0 Å². The molecule has 19 heavy (non-hydrogen) atoms. The molecule has 0 unspecified atom stereocenters. The van der Waals surface area contributed by atoms with E-state index in [0.29, 0.717) is 30.9 Å². The first-order valence-corrected chi connectivity index (χ1v) is 6.29. The Hall–Kier alpha value is -1.93. The van der Waals surface area contributed by atoms with Gasteiger partial charge in [0, 0.05) is 19.3 Å². The van der Waals surface area contributed by atoms with Crippen molar-refractivity contribution in [2.24, 2.45) is 11.1 Å². The van der Waals surface area contributed by atoms with Gasteiger partial charge in [0.2, 0.25) is 0 Å². The van der Waals surface area contributed by atoms with Crippen molar-refractivity contribution < 1.29 is 4.79 Å². The number of amides is 1. The van der Waals surface area contributed by atoms with Crippen LogP contribution < -0.4 is 5.73 Å². The second-order valence-electron chi connectivity index (χ2n) is 5.23. The van der Waals surface area contributed by atoms with Crippen LogP contribution in [0.1, 0.15) is 36.8 Å². The summed E-state index contributed by atoms with van der Waals surface area (Å²) >= 11 is 0. The predicted molar refractivity (Wildman–Crippen MR) is 73.4 cm³/mol. The highest BCUT2D eigenvalue weighted by Gasteiger charge is 2.24. The molecule has 0 saturated carbocycles. The molecular weight excluding hydrogens is 240 g/mol. The maximum atomic E-state index is 12.3. The van der Waals surface area contributed by atoms with E-state index in [1.54, 1.807) is 17.0 Å². The fourth-order valence-corrected chi connectivity index (χ4v) is 1.66. The average molecular weight is 260 g/mol. The SMILES string of the molecule is CCN(CC(C)(C)CN)C(=O)c1ccc(C#N)cn1. The van der Waals surface area contributed by atoms with Gasteiger partial charge in [-0.25, -0.2) is 4.98 Å². The van der Waals surface area contributed by atoms with Crippen LogP contribution in [-0.2, 0) is 0 Å². The molecule has 1 aromatic heterocycles. The van der Waals surface area contributed by atoms with Crippen LogP contribution in [-0.4, -0.2) is 35.4 Å². The lowest BCUT2D eigenvalue weighted by atomic mass is 9.93. The summed E-state index contributed by atoms with van der Waals surface area (Å²) in [6, 6.07) is 5.16. The van der Waals surface area contributed by atoms with Crippen LogP contribution in [0.5, 0.6) is 0 Å². The quantitative estimate of drug-likeness (QED) is 0.867. The monoisotopic (exact) mass is 260 g/mol. The number of rotatable bonds is 5. The van der Waals surface area contributed by atoms with Crippen molar-refractivity contribution >= 4 is 5.91 Å². The zero-order chi connectivity index (χ0) is 14.5. The summed E-state index contributed by atoms with van der Waals surface area (Å²) in [5.41, 5.74) is 6.37. The van der Waals surface area contributed by atoms with Crippen LogP contribution in [0.3, 0.4) is 0 Å². The van der Waals surface area contributed by atoms with E-state index in [2.05, 4.69) is 4.98 Å². The summed E-state index contributed by atoms with van der Waals surface area (Å²) in [4.78, 5) is 18.1. The van der Waals surface area contributed by atoms with Gasteiger partial charge in [0.25, 0.3) is 5.91 Å². The van der Waals surface area contributed by atoms with Gasteiger partial charge in [-0.05, 0) is 31.0 Å². The van der Waals surface area contributed by atoms with Gasteiger partial charge in [-0.3, -0.25) is 4.79 Å². The first kappa shape index (κ1) is 15.1. The fraction of sp³-hybridized carbons (Fsp3) is 0.500. The molecule has 0 aliphatic heterocycles. The largest absolute Gasteiger partial charge is 0.337 e. The van der Waals surface area contributed by atoms with Crippen molar-refractivity contribution in [2.45, 2.75) is 20.8 Å². The lowest BCUT2D eigenvalue weighted by Crippen LogP contribution is -2.42. The molecule has 0 saturated heterocycles. The Bertz CT molecular complexity index is 473. The van der Waals surface area contributed by atoms with Crippen LogP contribution in [0.4, 0.5) is 0 Å². The van der Waals surface area contributed by atoms with Gasteiger partial charge in [-0.15, -0.1) is 0 Å². The zero-order valence-electron chi connectivity index (χ0n) is 11.7. The number of carbonyl (C=O) groups is 1. The highest BCUT2D eigenvalue weighted by atomic mass is 16.2. The van der Waals surface area contributed by atoms with Crippen molar-refractivity contribution in [1.29, 1.82) is 5.26 Å². The molecule has 0 bridgehead atoms. The summed E-state index contributed by atoms with van der Waals surface area (Å²) in [5, 5.41) is 8.71. The van der Waals surface area contributed by atoms with E-state index in [4.69, 9.17) is 11.0 Å². The molecule has 5 heteroatoms. The van der Waals surface area contributed by atoms with Crippen molar-refractivity contribution in [3.63, 3.8) is 0 Å². The Morgan fingerprint density at radius 3 is 2.63 bits per heavy atom. The zero-order valence-corrected chi connectivity index (χ0v) is 11.7. The number of nitrogens with zero attached hydrogens (tertiary/aromatic N) is 3. The molecular formula is C14H20N4O. The Morgan fingerprint density at radius 1 is 1.53 bits per heavy atom. The van der Waals surface area contributed by atoms with Crippen molar-refractivity contribution in [3.8, 4) is 6.07 Å². The van der Waals surface area contributed by atoms with Gasteiger partial charge in [-0.2, -0.15) is 5.26 Å². The molecule has 2 N–H and O–H groups in total. The molecule has 0 aliphatic rings. The third kappa shape index (κ3) is 4.04. The van der Waals surface area contributed by atoms with Gasteiger partial charge in [-0.1, -0.05) is 13.8 Å². The van der Waals surface area contributed by atoms with E-state index in [9.17, 15) is 4.79 Å². The third-order valence-electron chi connectivity index (χ3n) is 2.95. The molecule has 5 nitrogen and oxygen atoms in total. The van der Waals surface area contributed by atoms with E-state index >= 15 is 0 Å². The molecule has 102 valence electrons. The molecule has 0 radical (unpaired) electrons. The Balaban J connectivity index is 2.86. The Labute approximate surface area is 114 Å². The smallest absolute Gasteiger partial charge is 0.272 e. The second-order valence-corrected chi connectivity index (χ2v) is 5.23. The van der Waals surface area contributed by atoms with Crippen LogP contribution in [0, 0.1) is 16.7 Å². The number of nitrogens with two attached hydrogens (primary N) is 1. The molecule has 1 heterocycles. The number of carbonyl (C=O) groups excluding carboxylic acids is 1. The molecule has 0 aliphatic carbocycles. The molecule has 1 rings (SSSR count). The lowest BCUT2D eigenvalue weighted by molar-refractivity contribution is 0.0695. The van der Waals surface area contributed by atoms with E-state index in [-0.39, 0.29) is 11.3 Å². The fourth-order valence-electron chi connectivity index (χ4n) is 1.66. The summed E-state index contributed by atoms with van der Waals surface area (Å²) in [5.74, 6) is -0.131. The van der Waals surface area contributed by atoms with Crippen LogP contribution in [0.25, 0.3) is 0 Å². The van der Waals surface area contributed by atoms with Gasteiger partial charge in [0.15, 0.2) is 0 Å². The molecule has 0 fully saturated rings. The summed E-state index contributed by atoms with van der Waals surface area (Å²) in [6.07, 6.45) is 1.41. The summed E-state index contributed by atoms with van der Waals surface area (Å²) in [7, 11) is 0. The maximum absolute atomic E-state index is 12.3. The minimum atomic E-state index is -0.131. The first-order chi connectivity index (χ1) is 8.93. The number of nitriles is 1. The minimum Gasteiger partial charge on any atom is -0.337 e. The Morgan fingerprint density at radius 2 is 2.21 bits per heavy atom. The molecule has 1 aromatic rings. The Kier molecular flexibility index (Phi) is 5.02. The first-order valence-electron chi connectivity index (χ1n) is 6.29. The van der Waals surface area contributed by atoms with Crippen molar-refractivity contribution in [1.82, 2.24) is 9.88 Å². The predicted octanol–water partition coefficient (Wildman–Crippen LogP) is 1.40. The van der Waals surface area contributed by atoms with E-state index in [0.717, 1.165) is 0 Å². The molecule has 0 spiro atoms. The second kappa shape index (κ2) is 6.30. The third-order valence-corrected chi connectivity index (χ3v) is 2.95. The summed E-state index contributed by atoms with van der Waals surface area (Å²) in [6.45, 7) is 7.67. The number of pyridine rings is 1. The van der Waals surface area contributed by atoms with Crippen LogP contribution in [0.2, 0.25) is 0 Å². The standard InChI is InChI=1S/C14H20N4O/c1-4-18(10-14(2,3)9-16)13(19)12-6-5-11(7-15)8-17-12/h5-6,8H,4,9-10,16H2,1-3H3. The van der Waals surface area contributed by atoms with Gasteiger partial charge in [0.05, 0.1) is 5.56 Å². The van der Waals surface area contributed by atoms with Gasteiger partial charge < -0.3 is 10.6 Å². The van der Waals surface area contributed by atoms with Gasteiger partial charge in [0.1, 0.15) is 11.8 Å². The number of aromatic nitrogens is 1. The highest BCUT2D eigenvalue weighted by Crippen LogP contribution is 2.16. The molecule has 0 aromatic carbocycles. The molecule has 1 amide bonds.